The lowest BCUT2D eigenvalue weighted by Crippen LogP contribution is -2.63. The topological polar surface area (TPSA) is 82.5 Å². The van der Waals surface area contributed by atoms with Gasteiger partial charge in [-0.25, -0.2) is 0 Å². The van der Waals surface area contributed by atoms with Crippen LogP contribution in [0.2, 0.25) is 0 Å². The minimum Gasteiger partial charge on any atom is -0.394 e. The number of rotatable bonds is 3. The van der Waals surface area contributed by atoms with Gasteiger partial charge >= 0.3 is 0 Å². The van der Waals surface area contributed by atoms with Crippen molar-refractivity contribution in [1.29, 1.82) is 0 Å². The monoisotopic (exact) mass is 528 g/mol. The Labute approximate surface area is 229 Å². The van der Waals surface area contributed by atoms with Crippen LogP contribution in [0.3, 0.4) is 0 Å². The molecule has 4 saturated carbocycles. The normalized spacial score (nSPS) is 58.3. The standard InChI is InChI=1S/C33H52O5/c1-18-7-5-13-31(3)21(18)11-15-32(4)22-12-16-33(14-6-8-19(2)25(33)20(22)9-10-24(31)32)30(36)29-26(35)28-27(38-28)23(17-34)37-29/h9,18-19,21-30,34-36H,5-8,10-17H2,1-4H3. The summed E-state index contributed by atoms with van der Waals surface area (Å²) >= 11 is 0. The SMILES string of the molecule is CC1CCCC2(C)C1CCC1(C)C3CCC4(C(O)C5OC(CO)C6OC6C5O)CCCC(C)C4C3=CCC12. The zero-order valence-corrected chi connectivity index (χ0v) is 24.1. The van der Waals surface area contributed by atoms with Crippen molar-refractivity contribution in [1.82, 2.24) is 0 Å². The number of epoxide rings is 1. The summed E-state index contributed by atoms with van der Waals surface area (Å²) in [6, 6.07) is 0. The first-order valence-corrected chi connectivity index (χ1v) is 16.1. The van der Waals surface area contributed by atoms with Crippen molar-refractivity contribution in [2.45, 2.75) is 135 Å². The van der Waals surface area contributed by atoms with Crippen molar-refractivity contribution in [3.05, 3.63) is 11.6 Å². The van der Waals surface area contributed by atoms with Crippen molar-refractivity contribution in [3.8, 4) is 0 Å². The van der Waals surface area contributed by atoms with E-state index in [9.17, 15) is 15.3 Å². The molecule has 0 amide bonds. The summed E-state index contributed by atoms with van der Waals surface area (Å²) < 4.78 is 11.9. The molecule has 38 heavy (non-hydrogen) atoms. The third kappa shape index (κ3) is 3.47. The summed E-state index contributed by atoms with van der Waals surface area (Å²) in [6.07, 6.45) is 13.0. The fourth-order valence-corrected chi connectivity index (χ4v) is 12.3. The van der Waals surface area contributed by atoms with Crippen molar-refractivity contribution in [2.75, 3.05) is 6.61 Å². The predicted octanol–water partition coefficient (Wildman–Crippen LogP) is 5.26. The summed E-state index contributed by atoms with van der Waals surface area (Å²) in [7, 11) is 0. The highest BCUT2D eigenvalue weighted by atomic mass is 16.7. The van der Waals surface area contributed by atoms with E-state index in [2.05, 4.69) is 33.8 Å². The van der Waals surface area contributed by atoms with Gasteiger partial charge in [0, 0.05) is 5.41 Å². The lowest BCUT2D eigenvalue weighted by molar-refractivity contribution is -0.210. The number of aliphatic hydroxyl groups excluding tert-OH is 3. The molecule has 15 atom stereocenters. The summed E-state index contributed by atoms with van der Waals surface area (Å²) in [5, 5.41) is 33.2. The first kappa shape index (κ1) is 26.4. The van der Waals surface area contributed by atoms with E-state index in [4.69, 9.17) is 9.47 Å². The summed E-state index contributed by atoms with van der Waals surface area (Å²) in [5.41, 5.74) is 2.19. The van der Waals surface area contributed by atoms with E-state index in [0.29, 0.717) is 28.6 Å². The van der Waals surface area contributed by atoms with Gasteiger partial charge in [-0.1, -0.05) is 65.0 Å². The highest BCUT2D eigenvalue weighted by Crippen LogP contribution is 2.71. The predicted molar refractivity (Wildman–Crippen MR) is 146 cm³/mol. The van der Waals surface area contributed by atoms with E-state index < -0.39 is 24.4 Å². The number of allylic oxidation sites excluding steroid dienone is 2. The van der Waals surface area contributed by atoms with Gasteiger partial charge in [0.2, 0.25) is 0 Å². The molecule has 0 aromatic heterocycles. The molecule has 3 N–H and O–H groups in total. The van der Waals surface area contributed by atoms with Crippen LogP contribution >= 0.6 is 0 Å². The molecule has 6 fully saturated rings. The Balaban J connectivity index is 1.23. The fraction of sp³-hybridized carbons (Fsp3) is 0.939. The molecule has 2 aliphatic heterocycles. The molecule has 0 aromatic rings. The highest BCUT2D eigenvalue weighted by Gasteiger charge is 2.66. The molecule has 214 valence electrons. The first-order chi connectivity index (χ1) is 18.2. The van der Waals surface area contributed by atoms with Crippen LogP contribution in [0.25, 0.3) is 0 Å². The Morgan fingerprint density at radius 3 is 2.47 bits per heavy atom. The van der Waals surface area contributed by atoms with E-state index in [1.54, 1.807) is 5.57 Å². The van der Waals surface area contributed by atoms with E-state index in [0.717, 1.165) is 43.4 Å². The Bertz CT molecular complexity index is 965. The second-order valence-corrected chi connectivity index (χ2v) is 15.5. The Morgan fingerprint density at radius 1 is 0.921 bits per heavy atom. The van der Waals surface area contributed by atoms with E-state index in [1.165, 1.54) is 44.9 Å². The number of fused-ring (bicyclic) bond motifs is 8. The Kier molecular flexibility index (Phi) is 6.27. The largest absolute Gasteiger partial charge is 0.394 e. The molecule has 0 aromatic carbocycles. The molecule has 7 aliphatic rings. The zero-order valence-electron chi connectivity index (χ0n) is 24.1. The smallest absolute Gasteiger partial charge is 0.115 e. The molecule has 2 saturated heterocycles. The summed E-state index contributed by atoms with van der Waals surface area (Å²) in [4.78, 5) is 0. The molecular weight excluding hydrogens is 476 g/mol. The lowest BCUT2D eigenvalue weighted by Gasteiger charge is -2.67. The number of aliphatic hydroxyl groups is 3. The molecule has 15 unspecified atom stereocenters. The lowest BCUT2D eigenvalue weighted by atomic mass is 9.38. The van der Waals surface area contributed by atoms with Gasteiger partial charge < -0.3 is 24.8 Å². The average molecular weight is 529 g/mol. The minimum absolute atomic E-state index is 0.130. The summed E-state index contributed by atoms with van der Waals surface area (Å²) in [6.45, 7) is 10.1. The molecule has 2 heterocycles. The Morgan fingerprint density at radius 2 is 1.68 bits per heavy atom. The minimum atomic E-state index is -0.825. The van der Waals surface area contributed by atoms with Crippen LogP contribution in [0.15, 0.2) is 11.6 Å². The van der Waals surface area contributed by atoms with Crippen LogP contribution < -0.4 is 0 Å². The van der Waals surface area contributed by atoms with Gasteiger partial charge in [-0.2, -0.15) is 0 Å². The van der Waals surface area contributed by atoms with Crippen molar-refractivity contribution in [2.24, 2.45) is 51.8 Å². The van der Waals surface area contributed by atoms with Gasteiger partial charge in [-0.05, 0) is 91.3 Å². The number of ether oxygens (including phenoxy) is 2. The maximum Gasteiger partial charge on any atom is 0.115 e. The van der Waals surface area contributed by atoms with Crippen molar-refractivity contribution in [3.63, 3.8) is 0 Å². The fourth-order valence-electron chi connectivity index (χ4n) is 12.3. The van der Waals surface area contributed by atoms with Gasteiger partial charge in [0.25, 0.3) is 0 Å². The van der Waals surface area contributed by atoms with Crippen LogP contribution in [0, 0.1) is 51.8 Å². The average Bonchev–Trinajstić information content (AvgIpc) is 3.70. The van der Waals surface area contributed by atoms with Gasteiger partial charge in [-0.15, -0.1) is 0 Å². The van der Waals surface area contributed by atoms with Crippen LogP contribution in [0.5, 0.6) is 0 Å². The van der Waals surface area contributed by atoms with Gasteiger partial charge in [-0.3, -0.25) is 0 Å². The maximum absolute atomic E-state index is 12.2. The molecule has 5 aliphatic carbocycles. The van der Waals surface area contributed by atoms with Crippen molar-refractivity contribution < 1.29 is 24.8 Å². The van der Waals surface area contributed by atoms with Crippen molar-refractivity contribution >= 4 is 0 Å². The first-order valence-electron chi connectivity index (χ1n) is 16.1. The van der Waals surface area contributed by atoms with Gasteiger partial charge in [0.15, 0.2) is 0 Å². The zero-order chi connectivity index (χ0) is 26.6. The molecule has 0 radical (unpaired) electrons. The molecule has 5 nitrogen and oxygen atoms in total. The molecule has 7 rings (SSSR count). The third-order valence-corrected chi connectivity index (χ3v) is 14.0. The van der Waals surface area contributed by atoms with E-state index in [-0.39, 0.29) is 24.2 Å². The highest BCUT2D eigenvalue weighted by molar-refractivity contribution is 5.30. The second-order valence-electron chi connectivity index (χ2n) is 15.5. The van der Waals surface area contributed by atoms with Gasteiger partial charge in [0.1, 0.15) is 30.5 Å². The molecule has 0 bridgehead atoms. The van der Waals surface area contributed by atoms with Crippen LogP contribution in [0.1, 0.15) is 98.3 Å². The van der Waals surface area contributed by atoms with E-state index in [1.807, 2.05) is 0 Å². The van der Waals surface area contributed by atoms with Crippen LogP contribution in [0.4, 0.5) is 0 Å². The molecule has 5 heteroatoms. The van der Waals surface area contributed by atoms with Crippen LogP contribution in [-0.2, 0) is 9.47 Å². The second kappa shape index (κ2) is 9.02. The van der Waals surface area contributed by atoms with E-state index >= 15 is 0 Å². The maximum atomic E-state index is 12.2. The quantitative estimate of drug-likeness (QED) is 0.344. The third-order valence-electron chi connectivity index (χ3n) is 14.0. The number of hydrogen-bond donors (Lipinski definition) is 3. The molecular formula is C33H52O5. The van der Waals surface area contributed by atoms with Crippen LogP contribution in [-0.4, -0.2) is 58.6 Å². The molecule has 0 spiro atoms. The Hall–Kier alpha value is -0.460. The van der Waals surface area contributed by atoms with Gasteiger partial charge in [0.05, 0.1) is 12.7 Å². The number of hydrogen-bond acceptors (Lipinski definition) is 5. The summed E-state index contributed by atoms with van der Waals surface area (Å²) in [5.74, 6) is 3.98.